The van der Waals surface area contributed by atoms with Crippen molar-refractivity contribution in [1.29, 1.82) is 0 Å². The standard InChI is InChI=1S/C15H20O2/c16-15-4-2-1-3-14(15)11-5-7-12(8-6-11)17-13-9-10-13/h5-8,13-16H,1-4,9-10H2. The lowest BCUT2D eigenvalue weighted by molar-refractivity contribution is 0.106. The van der Waals surface area contributed by atoms with Gasteiger partial charge in [0.25, 0.3) is 0 Å². The van der Waals surface area contributed by atoms with Crippen molar-refractivity contribution < 1.29 is 9.84 Å². The van der Waals surface area contributed by atoms with Gasteiger partial charge in [0, 0.05) is 5.92 Å². The minimum Gasteiger partial charge on any atom is -0.490 e. The van der Waals surface area contributed by atoms with Crippen LogP contribution in [0.2, 0.25) is 0 Å². The highest BCUT2D eigenvalue weighted by Crippen LogP contribution is 2.34. The first-order chi connectivity index (χ1) is 8.33. The van der Waals surface area contributed by atoms with Crippen LogP contribution in [0.15, 0.2) is 24.3 Å². The third-order valence-electron chi connectivity index (χ3n) is 3.86. The molecular weight excluding hydrogens is 212 g/mol. The summed E-state index contributed by atoms with van der Waals surface area (Å²) in [6.45, 7) is 0. The zero-order valence-electron chi connectivity index (χ0n) is 10.1. The van der Waals surface area contributed by atoms with Gasteiger partial charge in [-0.2, -0.15) is 0 Å². The fourth-order valence-electron chi connectivity index (χ4n) is 2.67. The molecule has 1 N–H and O–H groups in total. The monoisotopic (exact) mass is 232 g/mol. The average molecular weight is 232 g/mol. The van der Waals surface area contributed by atoms with Gasteiger partial charge in [-0.1, -0.05) is 25.0 Å². The molecule has 2 nitrogen and oxygen atoms in total. The van der Waals surface area contributed by atoms with E-state index in [1.165, 1.54) is 31.2 Å². The smallest absolute Gasteiger partial charge is 0.119 e. The van der Waals surface area contributed by atoms with E-state index in [0.717, 1.165) is 18.6 Å². The summed E-state index contributed by atoms with van der Waals surface area (Å²) >= 11 is 0. The highest BCUT2D eigenvalue weighted by Gasteiger charge is 2.25. The Bertz CT molecular complexity index is 367. The van der Waals surface area contributed by atoms with E-state index in [-0.39, 0.29) is 6.10 Å². The van der Waals surface area contributed by atoms with Crippen LogP contribution in [0.3, 0.4) is 0 Å². The lowest BCUT2D eigenvalue weighted by atomic mass is 9.82. The lowest BCUT2D eigenvalue weighted by Gasteiger charge is -2.28. The molecule has 0 spiro atoms. The molecule has 2 unspecified atom stereocenters. The van der Waals surface area contributed by atoms with Crippen LogP contribution in [0.5, 0.6) is 5.75 Å². The Morgan fingerprint density at radius 3 is 2.29 bits per heavy atom. The van der Waals surface area contributed by atoms with Gasteiger partial charge in [-0.25, -0.2) is 0 Å². The molecule has 92 valence electrons. The van der Waals surface area contributed by atoms with Crippen molar-refractivity contribution in [3.63, 3.8) is 0 Å². The molecule has 17 heavy (non-hydrogen) atoms. The normalized spacial score (nSPS) is 29.0. The number of ether oxygens (including phenoxy) is 1. The van der Waals surface area contributed by atoms with Crippen molar-refractivity contribution in [3.8, 4) is 5.75 Å². The second-order valence-electron chi connectivity index (χ2n) is 5.34. The first kappa shape index (κ1) is 11.1. The van der Waals surface area contributed by atoms with Crippen LogP contribution in [0.25, 0.3) is 0 Å². The number of hydrogen-bond acceptors (Lipinski definition) is 2. The number of hydrogen-bond donors (Lipinski definition) is 1. The van der Waals surface area contributed by atoms with Crippen LogP contribution < -0.4 is 4.74 Å². The summed E-state index contributed by atoms with van der Waals surface area (Å²) in [6.07, 6.45) is 7.17. The van der Waals surface area contributed by atoms with E-state index in [9.17, 15) is 5.11 Å². The van der Waals surface area contributed by atoms with E-state index in [0.29, 0.717) is 12.0 Å². The molecule has 0 amide bonds. The van der Waals surface area contributed by atoms with Crippen LogP contribution >= 0.6 is 0 Å². The fourth-order valence-corrected chi connectivity index (χ4v) is 2.67. The number of aliphatic hydroxyl groups excluding tert-OH is 1. The molecule has 2 heteroatoms. The summed E-state index contributed by atoms with van der Waals surface area (Å²) in [6, 6.07) is 8.35. The van der Waals surface area contributed by atoms with Crippen molar-refractivity contribution in [1.82, 2.24) is 0 Å². The number of aliphatic hydroxyl groups is 1. The third-order valence-corrected chi connectivity index (χ3v) is 3.86. The van der Waals surface area contributed by atoms with E-state index in [4.69, 9.17) is 4.74 Å². The van der Waals surface area contributed by atoms with Crippen molar-refractivity contribution in [3.05, 3.63) is 29.8 Å². The molecule has 0 aromatic heterocycles. The summed E-state index contributed by atoms with van der Waals surface area (Å²) < 4.78 is 5.73. The molecular formula is C15H20O2. The summed E-state index contributed by atoms with van der Waals surface area (Å²) in [5, 5.41) is 10.0. The summed E-state index contributed by atoms with van der Waals surface area (Å²) in [5.41, 5.74) is 1.26. The number of benzene rings is 1. The van der Waals surface area contributed by atoms with Gasteiger partial charge in [0.05, 0.1) is 12.2 Å². The molecule has 2 saturated carbocycles. The molecule has 0 saturated heterocycles. The molecule has 2 aliphatic rings. The highest BCUT2D eigenvalue weighted by molar-refractivity contribution is 5.30. The molecule has 2 atom stereocenters. The van der Waals surface area contributed by atoms with Gasteiger partial charge in [0.2, 0.25) is 0 Å². The van der Waals surface area contributed by atoms with Gasteiger partial charge in [-0.05, 0) is 43.4 Å². The molecule has 0 radical (unpaired) electrons. The molecule has 0 heterocycles. The predicted octanol–water partition coefficient (Wildman–Crippen LogP) is 3.25. The zero-order chi connectivity index (χ0) is 11.7. The Morgan fingerprint density at radius 2 is 1.65 bits per heavy atom. The van der Waals surface area contributed by atoms with Crippen LogP contribution in [-0.2, 0) is 0 Å². The molecule has 0 bridgehead atoms. The Labute approximate surface area is 103 Å². The highest BCUT2D eigenvalue weighted by atomic mass is 16.5. The van der Waals surface area contributed by atoms with Gasteiger partial charge in [0.15, 0.2) is 0 Å². The molecule has 0 aliphatic heterocycles. The van der Waals surface area contributed by atoms with Gasteiger partial charge in [-0.3, -0.25) is 0 Å². The van der Waals surface area contributed by atoms with Crippen molar-refractivity contribution in [2.75, 3.05) is 0 Å². The van der Waals surface area contributed by atoms with E-state index in [1.807, 2.05) is 0 Å². The zero-order valence-corrected chi connectivity index (χ0v) is 10.1. The maximum atomic E-state index is 10.0. The predicted molar refractivity (Wildman–Crippen MR) is 67.3 cm³/mol. The third kappa shape index (κ3) is 2.63. The largest absolute Gasteiger partial charge is 0.490 e. The Morgan fingerprint density at radius 1 is 0.941 bits per heavy atom. The first-order valence-corrected chi connectivity index (χ1v) is 6.77. The Balaban J connectivity index is 1.69. The fraction of sp³-hybridized carbons (Fsp3) is 0.600. The van der Waals surface area contributed by atoms with Crippen LogP contribution in [0.4, 0.5) is 0 Å². The lowest BCUT2D eigenvalue weighted by Crippen LogP contribution is -2.22. The summed E-state index contributed by atoms with van der Waals surface area (Å²) in [7, 11) is 0. The minimum absolute atomic E-state index is 0.154. The number of rotatable bonds is 3. The van der Waals surface area contributed by atoms with Crippen molar-refractivity contribution in [2.45, 2.75) is 56.7 Å². The second-order valence-corrected chi connectivity index (χ2v) is 5.34. The van der Waals surface area contributed by atoms with E-state index in [1.54, 1.807) is 0 Å². The average Bonchev–Trinajstić information content (AvgIpc) is 3.15. The van der Waals surface area contributed by atoms with Gasteiger partial charge in [0.1, 0.15) is 5.75 Å². The van der Waals surface area contributed by atoms with Crippen molar-refractivity contribution >= 4 is 0 Å². The quantitative estimate of drug-likeness (QED) is 0.867. The minimum atomic E-state index is -0.154. The maximum Gasteiger partial charge on any atom is 0.119 e. The van der Waals surface area contributed by atoms with Crippen LogP contribution in [0.1, 0.15) is 50.0 Å². The molecule has 2 aliphatic carbocycles. The van der Waals surface area contributed by atoms with Crippen LogP contribution in [-0.4, -0.2) is 17.3 Å². The van der Waals surface area contributed by atoms with Gasteiger partial charge >= 0.3 is 0 Å². The molecule has 1 aromatic rings. The molecule has 1 aromatic carbocycles. The topological polar surface area (TPSA) is 29.5 Å². The molecule has 3 rings (SSSR count). The van der Waals surface area contributed by atoms with E-state index >= 15 is 0 Å². The molecule has 2 fully saturated rings. The first-order valence-electron chi connectivity index (χ1n) is 6.77. The van der Waals surface area contributed by atoms with Gasteiger partial charge in [-0.15, -0.1) is 0 Å². The van der Waals surface area contributed by atoms with Gasteiger partial charge < -0.3 is 9.84 Å². The second kappa shape index (κ2) is 4.69. The Hall–Kier alpha value is -1.02. The SMILES string of the molecule is OC1CCCCC1c1ccc(OC2CC2)cc1. The summed E-state index contributed by atoms with van der Waals surface area (Å²) in [4.78, 5) is 0. The maximum absolute atomic E-state index is 10.0. The van der Waals surface area contributed by atoms with Crippen LogP contribution in [0, 0.1) is 0 Å². The summed E-state index contributed by atoms with van der Waals surface area (Å²) in [5.74, 6) is 1.31. The van der Waals surface area contributed by atoms with Crippen molar-refractivity contribution in [2.24, 2.45) is 0 Å². The van der Waals surface area contributed by atoms with E-state index in [2.05, 4.69) is 24.3 Å². The van der Waals surface area contributed by atoms with E-state index < -0.39 is 0 Å². The Kier molecular flexibility index (Phi) is 3.06.